The number of hydrogen-bond acceptors (Lipinski definition) is 4. The molecule has 1 saturated heterocycles. The van der Waals surface area contributed by atoms with Gasteiger partial charge in [0.1, 0.15) is 0 Å². The summed E-state index contributed by atoms with van der Waals surface area (Å²) >= 11 is 1.88. The summed E-state index contributed by atoms with van der Waals surface area (Å²) in [6, 6.07) is 5.29. The lowest BCUT2D eigenvalue weighted by Crippen LogP contribution is -2.52. The maximum Gasteiger partial charge on any atom is 0.191 e. The number of nitrogens with one attached hydrogen (secondary N) is 2. The Hall–Kier alpha value is -0.380. The molecule has 0 spiro atoms. The van der Waals surface area contributed by atoms with Crippen LogP contribution in [0.15, 0.2) is 17.1 Å². The Labute approximate surface area is 174 Å². The molecule has 7 heteroatoms. The van der Waals surface area contributed by atoms with Crippen LogP contribution in [0.3, 0.4) is 0 Å². The monoisotopic (exact) mass is 479 g/mol. The minimum absolute atomic E-state index is 0. The summed E-state index contributed by atoms with van der Waals surface area (Å²) in [6.07, 6.45) is 1.04. The van der Waals surface area contributed by atoms with E-state index in [1.54, 1.807) is 0 Å². The molecule has 0 saturated carbocycles. The molecule has 0 aromatic carbocycles. The van der Waals surface area contributed by atoms with Crippen molar-refractivity contribution >= 4 is 41.3 Å². The molecule has 1 aromatic rings. The van der Waals surface area contributed by atoms with Gasteiger partial charge in [-0.25, -0.2) is 0 Å². The average molecular weight is 479 g/mol. The number of guanidine groups is 1. The van der Waals surface area contributed by atoms with Crippen LogP contribution in [0.25, 0.3) is 0 Å². The molecule has 2 unspecified atom stereocenters. The second-order valence-electron chi connectivity index (χ2n) is 6.88. The lowest BCUT2D eigenvalue weighted by molar-refractivity contribution is 0.119. The van der Waals surface area contributed by atoms with E-state index >= 15 is 0 Å². The van der Waals surface area contributed by atoms with E-state index < -0.39 is 0 Å². The van der Waals surface area contributed by atoms with Crippen molar-refractivity contribution in [1.29, 1.82) is 0 Å². The van der Waals surface area contributed by atoms with E-state index in [0.717, 1.165) is 45.1 Å². The van der Waals surface area contributed by atoms with Gasteiger partial charge in [0.2, 0.25) is 0 Å². The van der Waals surface area contributed by atoms with Gasteiger partial charge in [0.25, 0.3) is 0 Å². The van der Waals surface area contributed by atoms with E-state index in [4.69, 9.17) is 4.99 Å². The van der Waals surface area contributed by atoms with Gasteiger partial charge in [0.15, 0.2) is 5.96 Å². The van der Waals surface area contributed by atoms with E-state index in [0.29, 0.717) is 12.1 Å². The van der Waals surface area contributed by atoms with Crippen molar-refractivity contribution in [3.8, 4) is 0 Å². The van der Waals surface area contributed by atoms with Crippen molar-refractivity contribution in [2.45, 2.75) is 39.3 Å². The number of piperazine rings is 1. The first-order valence-corrected chi connectivity index (χ1v) is 9.78. The van der Waals surface area contributed by atoms with Crippen molar-refractivity contribution in [1.82, 2.24) is 20.4 Å². The first kappa shape index (κ1) is 22.7. The number of thiophene rings is 1. The Morgan fingerprint density at radius 1 is 1.36 bits per heavy atom. The molecule has 25 heavy (non-hydrogen) atoms. The van der Waals surface area contributed by atoms with E-state index in [9.17, 15) is 0 Å². The minimum atomic E-state index is 0. The zero-order chi connectivity index (χ0) is 17.5. The summed E-state index contributed by atoms with van der Waals surface area (Å²) < 4.78 is 0. The van der Waals surface area contributed by atoms with Crippen LogP contribution in [-0.4, -0.2) is 74.7 Å². The largest absolute Gasteiger partial charge is 0.357 e. The molecule has 2 rings (SSSR count). The summed E-state index contributed by atoms with van der Waals surface area (Å²) in [5, 5.41) is 6.93. The summed E-state index contributed by atoms with van der Waals surface area (Å²) in [5.41, 5.74) is 0. The van der Waals surface area contributed by atoms with Crippen LogP contribution in [0, 0.1) is 6.92 Å². The van der Waals surface area contributed by atoms with Crippen molar-refractivity contribution in [3.63, 3.8) is 0 Å². The van der Waals surface area contributed by atoms with Gasteiger partial charge < -0.3 is 15.5 Å². The van der Waals surface area contributed by atoms with Crippen LogP contribution in [0.5, 0.6) is 0 Å². The number of rotatable bonds is 6. The Morgan fingerprint density at radius 2 is 2.12 bits per heavy atom. The first-order chi connectivity index (χ1) is 11.5. The van der Waals surface area contributed by atoms with Crippen LogP contribution < -0.4 is 10.6 Å². The SMILES string of the molecule is CCNC(=NCC1CN(C)CCN1C)NC(C)Cc1ccc(C)s1.I. The quantitative estimate of drug-likeness (QED) is 0.374. The molecule has 1 aliphatic heterocycles. The standard InChI is InChI=1S/C18H33N5S.HI/c1-6-19-18(20-12-16-13-22(4)9-10-23(16)5)21-14(2)11-17-8-7-15(3)24-17;/h7-8,14,16H,6,9-13H2,1-5H3,(H2,19,20,21);1H. The van der Waals surface area contributed by atoms with Gasteiger partial charge >= 0.3 is 0 Å². The van der Waals surface area contributed by atoms with Gasteiger partial charge in [-0.05, 0) is 47.0 Å². The molecule has 0 bridgehead atoms. The Morgan fingerprint density at radius 3 is 2.76 bits per heavy atom. The Balaban J connectivity index is 0.00000312. The normalized spacial score (nSPS) is 20.8. The fraction of sp³-hybridized carbons (Fsp3) is 0.722. The Bertz CT molecular complexity index is 533. The third-order valence-electron chi connectivity index (χ3n) is 4.47. The third kappa shape index (κ3) is 7.80. The summed E-state index contributed by atoms with van der Waals surface area (Å²) in [7, 11) is 4.40. The molecule has 1 aromatic heterocycles. The number of halogens is 1. The fourth-order valence-electron chi connectivity index (χ4n) is 3.00. The minimum Gasteiger partial charge on any atom is -0.357 e. The fourth-order valence-corrected chi connectivity index (χ4v) is 4.02. The van der Waals surface area contributed by atoms with Crippen molar-refractivity contribution in [2.75, 3.05) is 46.8 Å². The topological polar surface area (TPSA) is 42.9 Å². The first-order valence-electron chi connectivity index (χ1n) is 8.97. The average Bonchev–Trinajstić information content (AvgIpc) is 2.93. The highest BCUT2D eigenvalue weighted by Crippen LogP contribution is 2.16. The molecular formula is C18H34IN5S. The lowest BCUT2D eigenvalue weighted by atomic mass is 10.2. The highest BCUT2D eigenvalue weighted by atomic mass is 127. The van der Waals surface area contributed by atoms with Gasteiger partial charge in [0, 0.05) is 54.4 Å². The summed E-state index contributed by atoms with van der Waals surface area (Å²) in [6.45, 7) is 11.6. The number of aryl methyl sites for hydroxylation is 1. The number of aliphatic imine (C=N–C) groups is 1. The van der Waals surface area contributed by atoms with E-state index in [1.165, 1.54) is 9.75 Å². The van der Waals surface area contributed by atoms with Gasteiger partial charge in [-0.3, -0.25) is 9.89 Å². The van der Waals surface area contributed by atoms with Gasteiger partial charge in [-0.1, -0.05) is 0 Å². The van der Waals surface area contributed by atoms with Gasteiger partial charge in [-0.2, -0.15) is 0 Å². The summed E-state index contributed by atoms with van der Waals surface area (Å²) in [5.74, 6) is 0.930. The maximum atomic E-state index is 4.84. The summed E-state index contributed by atoms with van der Waals surface area (Å²) in [4.78, 5) is 12.5. The predicted octanol–water partition coefficient (Wildman–Crippen LogP) is 2.41. The molecule has 0 aliphatic carbocycles. The molecule has 0 amide bonds. The van der Waals surface area contributed by atoms with Crippen molar-refractivity contribution in [3.05, 3.63) is 21.9 Å². The molecule has 5 nitrogen and oxygen atoms in total. The van der Waals surface area contributed by atoms with Gasteiger partial charge in [0.05, 0.1) is 6.54 Å². The van der Waals surface area contributed by atoms with E-state index in [2.05, 4.69) is 67.4 Å². The molecule has 1 aliphatic rings. The maximum absolute atomic E-state index is 4.84. The molecule has 144 valence electrons. The molecular weight excluding hydrogens is 445 g/mol. The molecule has 2 N–H and O–H groups in total. The molecule has 0 radical (unpaired) electrons. The zero-order valence-corrected chi connectivity index (χ0v) is 19.4. The predicted molar refractivity (Wildman–Crippen MR) is 121 cm³/mol. The number of likely N-dealkylation sites (N-methyl/N-ethyl adjacent to an activating group) is 2. The Kier molecular flexibility index (Phi) is 10.3. The van der Waals surface area contributed by atoms with Crippen LogP contribution in [-0.2, 0) is 6.42 Å². The lowest BCUT2D eigenvalue weighted by Gasteiger charge is -2.37. The van der Waals surface area contributed by atoms with Crippen molar-refractivity contribution < 1.29 is 0 Å². The van der Waals surface area contributed by atoms with Crippen LogP contribution in [0.1, 0.15) is 23.6 Å². The molecule has 2 heterocycles. The second kappa shape index (κ2) is 11.4. The third-order valence-corrected chi connectivity index (χ3v) is 5.49. The number of hydrogen-bond donors (Lipinski definition) is 2. The van der Waals surface area contributed by atoms with E-state index in [-0.39, 0.29) is 24.0 Å². The van der Waals surface area contributed by atoms with Crippen LogP contribution >= 0.6 is 35.3 Å². The van der Waals surface area contributed by atoms with Gasteiger partial charge in [-0.15, -0.1) is 35.3 Å². The second-order valence-corrected chi connectivity index (χ2v) is 8.25. The number of nitrogens with zero attached hydrogens (tertiary/aromatic N) is 3. The van der Waals surface area contributed by atoms with E-state index in [1.807, 2.05) is 11.3 Å². The smallest absolute Gasteiger partial charge is 0.191 e. The van der Waals surface area contributed by atoms with Crippen LogP contribution in [0.2, 0.25) is 0 Å². The highest BCUT2D eigenvalue weighted by molar-refractivity contribution is 14.0. The molecule has 2 atom stereocenters. The van der Waals surface area contributed by atoms with Crippen LogP contribution in [0.4, 0.5) is 0 Å². The van der Waals surface area contributed by atoms with Crippen molar-refractivity contribution in [2.24, 2.45) is 4.99 Å². The molecule has 1 fully saturated rings. The zero-order valence-electron chi connectivity index (χ0n) is 16.2. The highest BCUT2D eigenvalue weighted by Gasteiger charge is 2.21.